The summed E-state index contributed by atoms with van der Waals surface area (Å²) in [6.07, 6.45) is 8.64. The first-order valence-electron chi connectivity index (χ1n) is 9.27. The van der Waals surface area contributed by atoms with E-state index in [1.165, 1.54) is 24.7 Å². The first-order chi connectivity index (χ1) is 14.7. The first-order valence-corrected chi connectivity index (χ1v) is 11.5. The molecule has 3 aromatic heterocycles. The molecule has 3 heterocycles. The smallest absolute Gasteiger partial charge is 0.254 e. The number of nitrogens with one attached hydrogen (secondary N) is 1. The van der Waals surface area contributed by atoms with Gasteiger partial charge in [0, 0.05) is 35.3 Å². The number of amides is 1. The summed E-state index contributed by atoms with van der Waals surface area (Å²) in [5.41, 5.74) is 2.39. The van der Waals surface area contributed by atoms with Gasteiger partial charge in [0.2, 0.25) is 0 Å². The van der Waals surface area contributed by atoms with Gasteiger partial charge in [0.1, 0.15) is 0 Å². The van der Waals surface area contributed by atoms with Crippen LogP contribution >= 0.6 is 11.6 Å². The summed E-state index contributed by atoms with van der Waals surface area (Å²) in [5, 5.41) is 8.51. The van der Waals surface area contributed by atoms with Crippen LogP contribution in [0.1, 0.15) is 28.9 Å². The molecule has 8 nitrogen and oxygen atoms in total. The number of sulfone groups is 1. The lowest BCUT2D eigenvalue weighted by atomic mass is 10.1. The Kier molecular flexibility index (Phi) is 5.47. The van der Waals surface area contributed by atoms with Crippen LogP contribution < -0.4 is 5.32 Å². The predicted octanol–water partition coefficient (Wildman–Crippen LogP) is 3.36. The molecule has 0 aliphatic heterocycles. The maximum atomic E-state index is 13.0. The molecule has 4 rings (SSSR count). The molecule has 4 aromatic rings. The number of fused-ring (bicyclic) bond motifs is 1. The fourth-order valence-electron chi connectivity index (χ4n) is 3.14. The summed E-state index contributed by atoms with van der Waals surface area (Å²) in [6.45, 7) is 1.76. The Labute approximate surface area is 183 Å². The van der Waals surface area contributed by atoms with Gasteiger partial charge in [-0.3, -0.25) is 14.8 Å². The lowest BCUT2D eigenvalue weighted by Crippen LogP contribution is -2.27. The molecule has 0 aliphatic rings. The van der Waals surface area contributed by atoms with Crippen molar-refractivity contribution in [1.29, 1.82) is 0 Å². The number of hydrogen-bond acceptors (Lipinski definition) is 6. The van der Waals surface area contributed by atoms with Gasteiger partial charge in [-0.2, -0.15) is 5.10 Å². The largest absolute Gasteiger partial charge is 0.345 e. The molecule has 0 saturated carbocycles. The molecular formula is C21H18ClN5O3S. The molecule has 0 bridgehead atoms. The van der Waals surface area contributed by atoms with Crippen molar-refractivity contribution in [2.75, 3.05) is 6.26 Å². The van der Waals surface area contributed by atoms with Crippen LogP contribution in [0.15, 0.2) is 66.2 Å². The molecule has 1 amide bonds. The highest BCUT2D eigenvalue weighted by molar-refractivity contribution is 7.90. The van der Waals surface area contributed by atoms with E-state index < -0.39 is 15.9 Å². The van der Waals surface area contributed by atoms with Crippen molar-refractivity contribution in [3.05, 3.63) is 77.5 Å². The van der Waals surface area contributed by atoms with Crippen LogP contribution in [0.3, 0.4) is 0 Å². The topological polar surface area (TPSA) is 107 Å². The summed E-state index contributed by atoms with van der Waals surface area (Å²) in [4.78, 5) is 21.2. The molecule has 0 saturated heterocycles. The Morgan fingerprint density at radius 1 is 1.06 bits per heavy atom. The lowest BCUT2D eigenvalue weighted by Gasteiger charge is -2.15. The molecule has 0 fully saturated rings. The number of pyridine rings is 2. The second kappa shape index (κ2) is 8.09. The molecule has 1 N–H and O–H groups in total. The van der Waals surface area contributed by atoms with E-state index in [-0.39, 0.29) is 10.8 Å². The fraction of sp³-hybridized carbons (Fsp3) is 0.143. The van der Waals surface area contributed by atoms with E-state index in [9.17, 15) is 13.2 Å². The van der Waals surface area contributed by atoms with Crippen molar-refractivity contribution in [3.63, 3.8) is 0 Å². The zero-order valence-electron chi connectivity index (χ0n) is 16.7. The zero-order valence-corrected chi connectivity index (χ0v) is 18.2. The van der Waals surface area contributed by atoms with Gasteiger partial charge >= 0.3 is 0 Å². The zero-order chi connectivity index (χ0) is 22.2. The van der Waals surface area contributed by atoms with E-state index >= 15 is 0 Å². The summed E-state index contributed by atoms with van der Waals surface area (Å²) in [6, 6.07) is 8.20. The minimum atomic E-state index is -3.40. The maximum Gasteiger partial charge on any atom is 0.254 e. The van der Waals surface area contributed by atoms with Crippen LogP contribution in [0.4, 0.5) is 0 Å². The summed E-state index contributed by atoms with van der Waals surface area (Å²) < 4.78 is 25.2. The number of benzene rings is 1. The van der Waals surface area contributed by atoms with E-state index in [2.05, 4.69) is 20.4 Å². The third-order valence-electron chi connectivity index (χ3n) is 4.82. The minimum absolute atomic E-state index is 0.0964. The van der Waals surface area contributed by atoms with E-state index in [1.54, 1.807) is 36.1 Å². The highest BCUT2D eigenvalue weighted by Gasteiger charge is 2.18. The van der Waals surface area contributed by atoms with E-state index in [1.807, 2.05) is 12.1 Å². The van der Waals surface area contributed by atoms with Gasteiger partial charge in [-0.25, -0.2) is 13.1 Å². The summed E-state index contributed by atoms with van der Waals surface area (Å²) in [5.74, 6) is -0.356. The van der Waals surface area contributed by atoms with Gasteiger partial charge in [-0.15, -0.1) is 0 Å². The normalized spacial score (nSPS) is 12.6. The number of aromatic nitrogens is 4. The molecule has 0 unspecified atom stereocenters. The van der Waals surface area contributed by atoms with Crippen LogP contribution in [-0.4, -0.2) is 40.3 Å². The van der Waals surface area contributed by atoms with Gasteiger partial charge in [-0.1, -0.05) is 11.6 Å². The average Bonchev–Trinajstić information content (AvgIpc) is 3.18. The van der Waals surface area contributed by atoms with Crippen LogP contribution in [0, 0.1) is 0 Å². The molecule has 0 spiro atoms. The number of carbonyl (C=O) groups excluding carboxylic acids is 1. The van der Waals surface area contributed by atoms with Crippen molar-refractivity contribution >= 4 is 38.2 Å². The predicted molar refractivity (Wildman–Crippen MR) is 117 cm³/mol. The average molecular weight is 456 g/mol. The van der Waals surface area contributed by atoms with Crippen LogP contribution in [0.25, 0.3) is 16.6 Å². The molecule has 0 aliphatic carbocycles. The number of rotatable bonds is 5. The van der Waals surface area contributed by atoms with Gasteiger partial charge in [0.05, 0.1) is 40.1 Å². The van der Waals surface area contributed by atoms with E-state index in [4.69, 9.17) is 11.6 Å². The van der Waals surface area contributed by atoms with Crippen molar-refractivity contribution in [3.8, 4) is 5.69 Å². The Hall–Kier alpha value is -3.30. The first kappa shape index (κ1) is 21.0. The van der Waals surface area contributed by atoms with Gasteiger partial charge in [0.25, 0.3) is 5.91 Å². The van der Waals surface area contributed by atoms with E-state index in [0.29, 0.717) is 27.1 Å². The quantitative estimate of drug-likeness (QED) is 0.494. The Morgan fingerprint density at radius 2 is 1.77 bits per heavy atom. The third-order valence-corrected chi connectivity index (χ3v) is 6.15. The fourth-order valence-corrected chi connectivity index (χ4v) is 3.87. The second-order valence-electron chi connectivity index (χ2n) is 7.07. The van der Waals surface area contributed by atoms with Crippen LogP contribution in [0.5, 0.6) is 0 Å². The molecular weight excluding hydrogens is 438 g/mol. The van der Waals surface area contributed by atoms with Gasteiger partial charge in [0.15, 0.2) is 9.84 Å². The van der Waals surface area contributed by atoms with Crippen LogP contribution in [-0.2, 0) is 9.84 Å². The number of hydrogen-bond donors (Lipinski definition) is 1. The number of carbonyl (C=O) groups is 1. The number of halogens is 1. The summed E-state index contributed by atoms with van der Waals surface area (Å²) in [7, 11) is -3.40. The molecule has 0 radical (unpaired) electrons. The molecule has 1 atom stereocenters. The van der Waals surface area contributed by atoms with Gasteiger partial charge < -0.3 is 5.32 Å². The lowest BCUT2D eigenvalue weighted by molar-refractivity contribution is 0.0941. The van der Waals surface area contributed by atoms with Crippen molar-refractivity contribution in [1.82, 2.24) is 25.1 Å². The molecule has 10 heteroatoms. The van der Waals surface area contributed by atoms with E-state index in [0.717, 1.165) is 11.9 Å². The highest BCUT2D eigenvalue weighted by Crippen LogP contribution is 2.23. The maximum absolute atomic E-state index is 13.0. The highest BCUT2D eigenvalue weighted by atomic mass is 35.5. The molecule has 31 heavy (non-hydrogen) atoms. The van der Waals surface area contributed by atoms with Gasteiger partial charge in [-0.05, 0) is 42.8 Å². The number of nitrogens with zero attached hydrogens (tertiary/aromatic N) is 4. The minimum Gasteiger partial charge on any atom is -0.345 e. The standard InChI is InChI=1S/C21H18ClN5O3S/c1-13(14-7-17(9-23-8-14)31(2,29)30)26-21(28)19-10-24-12-20-18(19)11-25-27(20)16-5-3-15(22)4-6-16/h3-13H,1-2H3,(H,26,28)/t13-/m0/s1. The van der Waals surface area contributed by atoms with Crippen molar-refractivity contribution < 1.29 is 13.2 Å². The Bertz CT molecular complexity index is 1380. The molecule has 158 valence electrons. The van der Waals surface area contributed by atoms with Crippen molar-refractivity contribution in [2.45, 2.75) is 17.9 Å². The third kappa shape index (κ3) is 4.28. The SMILES string of the molecule is C[C@H](NC(=O)c1cncc2c1cnn2-c1ccc(Cl)cc1)c1cncc(S(C)(=O)=O)c1. The second-order valence-corrected chi connectivity index (χ2v) is 9.53. The van der Waals surface area contributed by atoms with Crippen LogP contribution in [0.2, 0.25) is 5.02 Å². The Morgan fingerprint density at radius 3 is 2.48 bits per heavy atom. The monoisotopic (exact) mass is 455 g/mol. The Balaban J connectivity index is 1.63. The molecule has 1 aromatic carbocycles. The van der Waals surface area contributed by atoms with Crippen molar-refractivity contribution in [2.24, 2.45) is 0 Å². The summed E-state index contributed by atoms with van der Waals surface area (Å²) >= 11 is 5.96.